The van der Waals surface area contributed by atoms with Crippen LogP contribution in [0.15, 0.2) is 17.5 Å². The maximum atomic E-state index is 4.36. The molecule has 2 heterocycles. The lowest BCUT2D eigenvalue weighted by atomic mass is 10.4. The van der Waals surface area contributed by atoms with Gasteiger partial charge in [-0.2, -0.15) is 0 Å². The van der Waals surface area contributed by atoms with Crippen LogP contribution in [0.25, 0.3) is 10.7 Å². The lowest BCUT2D eigenvalue weighted by Gasteiger charge is -2.09. The summed E-state index contributed by atoms with van der Waals surface area (Å²) in [7, 11) is 3.88. The summed E-state index contributed by atoms with van der Waals surface area (Å²) in [5, 5.41) is 11.2. The van der Waals surface area contributed by atoms with Gasteiger partial charge in [0, 0.05) is 25.2 Å². The van der Waals surface area contributed by atoms with E-state index in [0.717, 1.165) is 22.2 Å². The minimum Gasteiger partial charge on any atom is -0.361 e. The summed E-state index contributed by atoms with van der Waals surface area (Å²) in [5.74, 6) is 0.854. The van der Waals surface area contributed by atoms with E-state index in [4.69, 9.17) is 0 Å². The minimum atomic E-state index is 0.832. The molecule has 0 atom stereocenters. The Morgan fingerprint density at radius 1 is 1.20 bits per heavy atom. The first-order valence-corrected chi connectivity index (χ1v) is 5.48. The molecule has 0 aromatic carbocycles. The van der Waals surface area contributed by atoms with Crippen LogP contribution in [0.1, 0.15) is 5.69 Å². The molecule has 2 aromatic heterocycles. The molecular formula is C10H12N4S. The first kappa shape index (κ1) is 10.0. The quantitative estimate of drug-likeness (QED) is 0.776. The van der Waals surface area contributed by atoms with Gasteiger partial charge in [-0.25, -0.2) is 4.98 Å². The Kier molecular flexibility index (Phi) is 2.64. The second-order valence-electron chi connectivity index (χ2n) is 3.47. The Morgan fingerprint density at radius 2 is 2.00 bits per heavy atom. The molecular weight excluding hydrogens is 208 g/mol. The number of hydrogen-bond acceptors (Lipinski definition) is 5. The van der Waals surface area contributed by atoms with E-state index in [9.17, 15) is 0 Å². The Bertz CT molecular complexity index is 447. The Labute approximate surface area is 92.6 Å². The number of aromatic nitrogens is 3. The van der Waals surface area contributed by atoms with E-state index in [1.165, 1.54) is 0 Å². The summed E-state index contributed by atoms with van der Waals surface area (Å²) in [6, 6.07) is 3.89. The normalized spacial score (nSPS) is 10.3. The third-order valence-electron chi connectivity index (χ3n) is 1.95. The zero-order valence-corrected chi connectivity index (χ0v) is 9.75. The Balaban J connectivity index is 2.31. The fourth-order valence-corrected chi connectivity index (χ4v) is 1.91. The van der Waals surface area contributed by atoms with Crippen LogP contribution in [0.5, 0.6) is 0 Å². The molecule has 78 valence electrons. The number of anilines is 1. The lowest BCUT2D eigenvalue weighted by molar-refractivity contribution is 0.967. The summed E-state index contributed by atoms with van der Waals surface area (Å²) in [6.45, 7) is 1.97. The molecule has 0 unspecified atom stereocenters. The molecule has 0 bridgehead atoms. The topological polar surface area (TPSA) is 41.9 Å². The van der Waals surface area contributed by atoms with Gasteiger partial charge >= 0.3 is 0 Å². The number of thiazole rings is 1. The van der Waals surface area contributed by atoms with Gasteiger partial charge in [0.05, 0.1) is 0 Å². The second-order valence-corrected chi connectivity index (χ2v) is 4.32. The van der Waals surface area contributed by atoms with E-state index in [1.807, 2.05) is 43.4 Å². The molecule has 0 saturated heterocycles. The van der Waals surface area contributed by atoms with Gasteiger partial charge in [-0.15, -0.1) is 21.5 Å². The van der Waals surface area contributed by atoms with E-state index >= 15 is 0 Å². The van der Waals surface area contributed by atoms with Crippen LogP contribution in [0, 0.1) is 6.92 Å². The molecule has 2 aromatic rings. The molecule has 0 fully saturated rings. The summed E-state index contributed by atoms with van der Waals surface area (Å²) < 4.78 is 0. The van der Waals surface area contributed by atoms with E-state index in [2.05, 4.69) is 15.2 Å². The lowest BCUT2D eigenvalue weighted by Crippen LogP contribution is -2.11. The average molecular weight is 220 g/mol. The van der Waals surface area contributed by atoms with Crippen LogP contribution in [0.3, 0.4) is 0 Å². The maximum Gasteiger partial charge on any atom is 0.150 e. The Hall–Kier alpha value is -1.49. The van der Waals surface area contributed by atoms with Crippen molar-refractivity contribution in [2.45, 2.75) is 6.92 Å². The highest BCUT2D eigenvalue weighted by atomic mass is 32.1. The molecule has 0 aliphatic rings. The third kappa shape index (κ3) is 2.12. The number of hydrogen-bond donors (Lipinski definition) is 0. The zero-order valence-electron chi connectivity index (χ0n) is 8.93. The summed E-state index contributed by atoms with van der Waals surface area (Å²) in [4.78, 5) is 6.28. The van der Waals surface area contributed by atoms with Crippen molar-refractivity contribution in [1.82, 2.24) is 15.2 Å². The van der Waals surface area contributed by atoms with Crippen LogP contribution in [0.2, 0.25) is 0 Å². The minimum absolute atomic E-state index is 0.832. The smallest absolute Gasteiger partial charge is 0.150 e. The van der Waals surface area contributed by atoms with Crippen molar-refractivity contribution in [3.8, 4) is 10.7 Å². The molecule has 15 heavy (non-hydrogen) atoms. The maximum absolute atomic E-state index is 4.36. The highest BCUT2D eigenvalue weighted by Gasteiger charge is 2.05. The van der Waals surface area contributed by atoms with Crippen molar-refractivity contribution < 1.29 is 0 Å². The molecule has 0 amide bonds. The van der Waals surface area contributed by atoms with Gasteiger partial charge in [0.25, 0.3) is 0 Å². The van der Waals surface area contributed by atoms with Crippen molar-refractivity contribution >= 4 is 17.2 Å². The van der Waals surface area contributed by atoms with Crippen molar-refractivity contribution in [2.24, 2.45) is 0 Å². The summed E-state index contributed by atoms with van der Waals surface area (Å²) in [6.07, 6.45) is 0. The fraction of sp³-hybridized carbons (Fsp3) is 0.300. The van der Waals surface area contributed by atoms with Gasteiger partial charge in [0.2, 0.25) is 0 Å². The molecule has 2 rings (SSSR count). The van der Waals surface area contributed by atoms with Gasteiger partial charge in [-0.05, 0) is 19.1 Å². The molecule has 0 aliphatic heterocycles. The SMILES string of the molecule is Cc1csc(-c2ccc(N(C)C)nn2)n1. The molecule has 0 radical (unpaired) electrons. The third-order valence-corrected chi connectivity index (χ3v) is 2.93. The van der Waals surface area contributed by atoms with Gasteiger partial charge in [0.1, 0.15) is 10.7 Å². The highest BCUT2D eigenvalue weighted by Crippen LogP contribution is 2.21. The van der Waals surface area contributed by atoms with E-state index in [-0.39, 0.29) is 0 Å². The number of aryl methyl sites for hydroxylation is 1. The van der Waals surface area contributed by atoms with Gasteiger partial charge < -0.3 is 4.90 Å². The molecule has 5 heteroatoms. The van der Waals surface area contributed by atoms with Gasteiger partial charge in [-0.1, -0.05) is 0 Å². The summed E-state index contributed by atoms with van der Waals surface area (Å²) in [5.41, 5.74) is 1.85. The Morgan fingerprint density at radius 3 is 2.47 bits per heavy atom. The molecule has 0 saturated carbocycles. The zero-order chi connectivity index (χ0) is 10.8. The standard InChI is InChI=1S/C10H12N4S/c1-7-6-15-10(11-7)8-4-5-9(13-12-8)14(2)3/h4-6H,1-3H3. The fourth-order valence-electron chi connectivity index (χ4n) is 1.15. The average Bonchev–Trinajstić information content (AvgIpc) is 2.65. The van der Waals surface area contributed by atoms with Crippen molar-refractivity contribution in [2.75, 3.05) is 19.0 Å². The van der Waals surface area contributed by atoms with Crippen LogP contribution < -0.4 is 4.90 Å². The number of nitrogens with zero attached hydrogens (tertiary/aromatic N) is 4. The molecule has 0 N–H and O–H groups in total. The molecule has 4 nitrogen and oxygen atoms in total. The van der Waals surface area contributed by atoms with Crippen molar-refractivity contribution in [3.63, 3.8) is 0 Å². The van der Waals surface area contributed by atoms with Crippen LogP contribution in [0.4, 0.5) is 5.82 Å². The highest BCUT2D eigenvalue weighted by molar-refractivity contribution is 7.13. The molecule has 0 spiro atoms. The van der Waals surface area contributed by atoms with Crippen LogP contribution >= 0.6 is 11.3 Å². The second kappa shape index (κ2) is 3.94. The van der Waals surface area contributed by atoms with Crippen molar-refractivity contribution in [3.05, 3.63) is 23.2 Å². The number of rotatable bonds is 2. The van der Waals surface area contributed by atoms with E-state index in [1.54, 1.807) is 11.3 Å². The van der Waals surface area contributed by atoms with Gasteiger partial charge in [0.15, 0.2) is 5.82 Å². The summed E-state index contributed by atoms with van der Waals surface area (Å²) >= 11 is 1.59. The molecule has 0 aliphatic carbocycles. The van der Waals surface area contributed by atoms with E-state index in [0.29, 0.717) is 0 Å². The van der Waals surface area contributed by atoms with Crippen molar-refractivity contribution in [1.29, 1.82) is 0 Å². The monoisotopic (exact) mass is 220 g/mol. The first-order chi connectivity index (χ1) is 7.16. The van der Waals surface area contributed by atoms with E-state index < -0.39 is 0 Å². The predicted molar refractivity (Wildman–Crippen MR) is 62.2 cm³/mol. The van der Waals surface area contributed by atoms with Crippen LogP contribution in [-0.2, 0) is 0 Å². The van der Waals surface area contributed by atoms with Gasteiger partial charge in [-0.3, -0.25) is 0 Å². The predicted octanol–water partition coefficient (Wildman–Crippen LogP) is 1.97. The first-order valence-electron chi connectivity index (χ1n) is 4.60. The largest absolute Gasteiger partial charge is 0.361 e. The van der Waals surface area contributed by atoms with Crippen LogP contribution in [-0.4, -0.2) is 29.3 Å².